The quantitative estimate of drug-likeness (QED) is 0.626. The molecular weight excluding hydrogens is 304 g/mol. The molecule has 2 aromatic rings. The van der Waals surface area contributed by atoms with Crippen molar-refractivity contribution >= 4 is 45.7 Å². The van der Waals surface area contributed by atoms with E-state index in [-0.39, 0.29) is 5.11 Å². The predicted molar refractivity (Wildman–Crippen MR) is 87.0 cm³/mol. The molecule has 0 amide bonds. The van der Waals surface area contributed by atoms with Gasteiger partial charge in [-0.05, 0) is 35.1 Å². The van der Waals surface area contributed by atoms with Gasteiger partial charge in [-0.3, -0.25) is 4.79 Å². The summed E-state index contributed by atoms with van der Waals surface area (Å²) in [5, 5.41) is 25.1. The van der Waals surface area contributed by atoms with E-state index in [0.717, 1.165) is 10.8 Å². The molecule has 2 rings (SSSR count). The highest BCUT2D eigenvalue weighted by molar-refractivity contribution is 7.80. The van der Waals surface area contributed by atoms with Crippen molar-refractivity contribution in [1.82, 2.24) is 5.32 Å². The lowest BCUT2D eigenvalue weighted by molar-refractivity contribution is -0.145. The van der Waals surface area contributed by atoms with Crippen molar-refractivity contribution in [3.63, 3.8) is 0 Å². The normalized spacial score (nSPS) is 11.6. The lowest BCUT2D eigenvalue weighted by atomic mass is 10.1. The van der Waals surface area contributed by atoms with E-state index in [2.05, 4.69) is 10.6 Å². The van der Waals surface area contributed by atoms with Crippen molar-refractivity contribution in [3.8, 4) is 0 Å². The zero-order valence-electron chi connectivity index (χ0n) is 11.4. The first kappa shape index (κ1) is 15.7. The van der Waals surface area contributed by atoms with Crippen LogP contribution >= 0.6 is 12.2 Å². The molecule has 0 aliphatic heterocycles. The number of aliphatic carboxylic acids is 2. The molecule has 0 bridgehead atoms. The molecule has 0 aromatic heterocycles. The molecule has 0 aliphatic rings. The van der Waals surface area contributed by atoms with Gasteiger partial charge in [-0.2, -0.15) is 0 Å². The smallest absolute Gasteiger partial charge is 0.326 e. The van der Waals surface area contributed by atoms with Crippen LogP contribution in [0.4, 0.5) is 5.69 Å². The van der Waals surface area contributed by atoms with Gasteiger partial charge in [0, 0.05) is 5.69 Å². The van der Waals surface area contributed by atoms with E-state index in [1.54, 1.807) is 0 Å². The van der Waals surface area contributed by atoms with E-state index in [4.69, 9.17) is 22.4 Å². The SMILES string of the molecule is O=C(O)C[C@H](NC(=S)Nc1ccc2ccccc2c1)C(=O)O. The number of carbonyl (C=O) groups is 2. The minimum atomic E-state index is -1.28. The Bertz CT molecular complexity index is 732. The lowest BCUT2D eigenvalue weighted by Crippen LogP contribution is -2.44. The summed E-state index contributed by atoms with van der Waals surface area (Å²) in [5.41, 5.74) is 0.690. The molecular formula is C15H14N2O4S. The van der Waals surface area contributed by atoms with Crippen LogP contribution in [0.2, 0.25) is 0 Å². The minimum Gasteiger partial charge on any atom is -0.481 e. The Balaban J connectivity index is 2.06. The average molecular weight is 318 g/mol. The van der Waals surface area contributed by atoms with Gasteiger partial charge in [0.1, 0.15) is 6.04 Å². The third-order valence-electron chi connectivity index (χ3n) is 2.99. The second kappa shape index (κ2) is 6.86. The van der Waals surface area contributed by atoms with Gasteiger partial charge in [0.2, 0.25) is 0 Å². The highest BCUT2D eigenvalue weighted by Gasteiger charge is 2.21. The Morgan fingerprint density at radius 2 is 1.77 bits per heavy atom. The van der Waals surface area contributed by atoms with Gasteiger partial charge >= 0.3 is 11.9 Å². The fourth-order valence-electron chi connectivity index (χ4n) is 1.97. The van der Waals surface area contributed by atoms with E-state index < -0.39 is 24.4 Å². The number of rotatable bonds is 5. The van der Waals surface area contributed by atoms with Crippen molar-refractivity contribution in [1.29, 1.82) is 0 Å². The van der Waals surface area contributed by atoms with Crippen molar-refractivity contribution in [2.75, 3.05) is 5.32 Å². The summed E-state index contributed by atoms with van der Waals surface area (Å²) in [5.74, 6) is -2.49. The highest BCUT2D eigenvalue weighted by atomic mass is 32.1. The Labute approximate surface area is 131 Å². The van der Waals surface area contributed by atoms with Gasteiger partial charge < -0.3 is 20.8 Å². The first-order valence-corrected chi connectivity index (χ1v) is 6.87. The van der Waals surface area contributed by atoms with Crippen LogP contribution in [-0.4, -0.2) is 33.3 Å². The maximum Gasteiger partial charge on any atom is 0.326 e. The van der Waals surface area contributed by atoms with Crippen LogP contribution in [0.1, 0.15) is 6.42 Å². The van der Waals surface area contributed by atoms with Gasteiger partial charge in [-0.1, -0.05) is 30.3 Å². The lowest BCUT2D eigenvalue weighted by Gasteiger charge is -2.16. The van der Waals surface area contributed by atoms with E-state index in [0.29, 0.717) is 5.69 Å². The topological polar surface area (TPSA) is 98.7 Å². The van der Waals surface area contributed by atoms with Gasteiger partial charge in [0.25, 0.3) is 0 Å². The standard InChI is InChI=1S/C15H14N2O4S/c18-13(19)8-12(14(20)21)17-15(22)16-11-6-5-9-3-1-2-4-10(9)7-11/h1-7,12H,8H2,(H,18,19)(H,20,21)(H2,16,17,22)/t12-/m0/s1. The number of carboxylic acid groups (broad SMARTS) is 2. The van der Waals surface area contributed by atoms with Gasteiger partial charge in [0.05, 0.1) is 6.42 Å². The first-order valence-electron chi connectivity index (χ1n) is 6.46. The zero-order chi connectivity index (χ0) is 16.1. The van der Waals surface area contributed by atoms with Crippen molar-refractivity contribution in [3.05, 3.63) is 42.5 Å². The summed E-state index contributed by atoms with van der Waals surface area (Å²) in [6.07, 6.45) is -0.561. The number of fused-ring (bicyclic) bond motifs is 1. The molecule has 114 valence electrons. The number of hydrogen-bond acceptors (Lipinski definition) is 3. The molecule has 6 nitrogen and oxygen atoms in total. The molecule has 2 aromatic carbocycles. The first-order chi connectivity index (χ1) is 10.5. The molecule has 4 N–H and O–H groups in total. The van der Waals surface area contributed by atoms with Crippen molar-refractivity contribution in [2.45, 2.75) is 12.5 Å². The highest BCUT2D eigenvalue weighted by Crippen LogP contribution is 2.18. The summed E-state index contributed by atoms with van der Waals surface area (Å²) in [6, 6.07) is 12.1. The van der Waals surface area contributed by atoms with Crippen LogP contribution in [0.3, 0.4) is 0 Å². The Morgan fingerprint density at radius 1 is 1.09 bits per heavy atom. The third kappa shape index (κ3) is 4.16. The van der Waals surface area contributed by atoms with Crippen LogP contribution in [-0.2, 0) is 9.59 Å². The summed E-state index contributed by atoms with van der Waals surface area (Å²) in [7, 11) is 0. The van der Waals surface area contributed by atoms with E-state index in [1.807, 2.05) is 42.5 Å². The summed E-state index contributed by atoms with van der Waals surface area (Å²) in [4.78, 5) is 21.6. The van der Waals surface area contributed by atoms with Crippen molar-refractivity contribution in [2.24, 2.45) is 0 Å². The second-order valence-corrected chi connectivity index (χ2v) is 5.06. The Kier molecular flexibility index (Phi) is 4.90. The number of hydrogen-bond donors (Lipinski definition) is 4. The largest absolute Gasteiger partial charge is 0.481 e. The maximum atomic E-state index is 11.0. The molecule has 0 saturated carbocycles. The Hall–Kier alpha value is -2.67. The van der Waals surface area contributed by atoms with Crippen LogP contribution < -0.4 is 10.6 Å². The van der Waals surface area contributed by atoms with E-state index in [9.17, 15) is 9.59 Å². The number of benzene rings is 2. The maximum absolute atomic E-state index is 11.0. The van der Waals surface area contributed by atoms with Crippen LogP contribution in [0, 0.1) is 0 Å². The molecule has 0 fully saturated rings. The summed E-state index contributed by atoms with van der Waals surface area (Å²) >= 11 is 5.03. The number of carboxylic acids is 2. The Morgan fingerprint density at radius 3 is 2.41 bits per heavy atom. The molecule has 0 radical (unpaired) electrons. The van der Waals surface area contributed by atoms with E-state index >= 15 is 0 Å². The van der Waals surface area contributed by atoms with Gasteiger partial charge in [0.15, 0.2) is 5.11 Å². The van der Waals surface area contributed by atoms with E-state index in [1.165, 1.54) is 0 Å². The predicted octanol–water partition coefficient (Wildman–Crippen LogP) is 2.05. The number of nitrogens with one attached hydrogen (secondary N) is 2. The average Bonchev–Trinajstić information content (AvgIpc) is 2.45. The van der Waals surface area contributed by atoms with Crippen molar-refractivity contribution < 1.29 is 19.8 Å². The fourth-order valence-corrected chi connectivity index (χ4v) is 2.23. The molecule has 7 heteroatoms. The molecule has 0 aliphatic carbocycles. The summed E-state index contributed by atoms with van der Waals surface area (Å²) < 4.78 is 0. The number of thiocarbonyl (C=S) groups is 1. The molecule has 22 heavy (non-hydrogen) atoms. The van der Waals surface area contributed by atoms with Gasteiger partial charge in [-0.15, -0.1) is 0 Å². The van der Waals surface area contributed by atoms with Crippen LogP contribution in [0.15, 0.2) is 42.5 Å². The zero-order valence-corrected chi connectivity index (χ0v) is 12.3. The minimum absolute atomic E-state index is 0.0592. The third-order valence-corrected chi connectivity index (χ3v) is 3.21. The monoisotopic (exact) mass is 318 g/mol. The molecule has 0 spiro atoms. The molecule has 0 unspecified atom stereocenters. The van der Waals surface area contributed by atoms with Gasteiger partial charge in [-0.25, -0.2) is 4.79 Å². The fraction of sp³-hybridized carbons (Fsp3) is 0.133. The van der Waals surface area contributed by atoms with Crippen LogP contribution in [0.5, 0.6) is 0 Å². The second-order valence-electron chi connectivity index (χ2n) is 4.65. The molecule has 0 heterocycles. The number of anilines is 1. The van der Waals surface area contributed by atoms with Crippen LogP contribution in [0.25, 0.3) is 10.8 Å². The summed E-state index contributed by atoms with van der Waals surface area (Å²) in [6.45, 7) is 0. The molecule has 0 saturated heterocycles. The molecule has 1 atom stereocenters.